The van der Waals surface area contributed by atoms with Crippen LogP contribution < -0.4 is 11.4 Å². The largest absolute Gasteiger partial charge is 0.497 e. The van der Waals surface area contributed by atoms with Gasteiger partial charge in [0.05, 0.1) is 12.8 Å². The number of hydrogen-bond acceptors (Lipinski definition) is 3. The zero-order valence-corrected chi connectivity index (χ0v) is 14.7. The van der Waals surface area contributed by atoms with Gasteiger partial charge in [0.1, 0.15) is 11.6 Å². The lowest BCUT2D eigenvalue weighted by Crippen LogP contribution is -2.27. The van der Waals surface area contributed by atoms with Crippen molar-refractivity contribution < 1.29 is 4.74 Å². The molecule has 1 fully saturated rings. The molecule has 0 amide bonds. The molecule has 0 atom stereocenters. The van der Waals surface area contributed by atoms with Crippen LogP contribution in [0.5, 0.6) is 0 Å². The molecule has 0 aromatic carbocycles. The van der Waals surface area contributed by atoms with Crippen molar-refractivity contribution >= 4 is 11.9 Å². The summed E-state index contributed by atoms with van der Waals surface area (Å²) in [4.78, 5) is 12.5. The number of anilines is 1. The van der Waals surface area contributed by atoms with Crippen molar-refractivity contribution in [1.29, 1.82) is 0 Å². The molecule has 1 aliphatic carbocycles. The molecule has 0 radical (unpaired) electrons. The fourth-order valence-electron chi connectivity index (χ4n) is 3.26. The van der Waals surface area contributed by atoms with Crippen LogP contribution in [0.3, 0.4) is 0 Å². The summed E-state index contributed by atoms with van der Waals surface area (Å²) in [5.41, 5.74) is 6.86. The maximum absolute atomic E-state index is 12.5. The summed E-state index contributed by atoms with van der Waals surface area (Å²) in [6, 6.07) is 0. The minimum atomic E-state index is -0.0415. The van der Waals surface area contributed by atoms with E-state index in [1.54, 1.807) is 14.2 Å². The Balaban J connectivity index is 2.28. The number of nitrogens with two attached hydrogens (primary N) is 1. The molecule has 2 rings (SSSR count). The summed E-state index contributed by atoms with van der Waals surface area (Å²) in [6.45, 7) is 4.96. The molecule has 1 aromatic rings. The highest BCUT2D eigenvalue weighted by Gasteiger charge is 2.22. The lowest BCUT2D eigenvalue weighted by Gasteiger charge is -2.26. The van der Waals surface area contributed by atoms with Crippen LogP contribution >= 0.6 is 0 Å². The molecule has 23 heavy (non-hydrogen) atoms. The predicted octanol–water partition coefficient (Wildman–Crippen LogP) is 3.16. The van der Waals surface area contributed by atoms with Gasteiger partial charge < -0.3 is 10.5 Å². The third kappa shape index (κ3) is 3.89. The zero-order valence-electron chi connectivity index (χ0n) is 14.7. The number of hydrogen-bond donors (Lipinski definition) is 1. The smallest absolute Gasteiger partial charge is 0.329 e. The van der Waals surface area contributed by atoms with E-state index >= 15 is 0 Å². The number of aromatic nitrogens is 2. The van der Waals surface area contributed by atoms with Gasteiger partial charge in [0.25, 0.3) is 0 Å². The van der Waals surface area contributed by atoms with Crippen LogP contribution in [0.2, 0.25) is 0 Å². The van der Waals surface area contributed by atoms with E-state index in [1.807, 2.05) is 29.7 Å². The Hall–Kier alpha value is -1.91. The van der Waals surface area contributed by atoms with Gasteiger partial charge in [-0.25, -0.2) is 4.79 Å². The molecule has 2 N–H and O–H groups in total. The van der Waals surface area contributed by atoms with Gasteiger partial charge in [-0.2, -0.15) is 0 Å². The number of rotatable bonds is 5. The number of imidazole rings is 1. The molecule has 0 unspecified atom stereocenters. The zero-order chi connectivity index (χ0) is 17.0. The second-order valence-electron chi connectivity index (χ2n) is 6.58. The van der Waals surface area contributed by atoms with Crippen LogP contribution in [0.15, 0.2) is 22.7 Å². The van der Waals surface area contributed by atoms with E-state index in [2.05, 4.69) is 6.92 Å². The lowest BCUT2D eigenvalue weighted by atomic mass is 9.83. The van der Waals surface area contributed by atoms with Crippen molar-refractivity contribution in [3.05, 3.63) is 34.1 Å². The highest BCUT2D eigenvalue weighted by Crippen LogP contribution is 2.29. The van der Waals surface area contributed by atoms with Crippen molar-refractivity contribution in [2.75, 3.05) is 12.8 Å². The number of nitrogens with zero attached hydrogens (tertiary/aromatic N) is 2. The Bertz CT molecular complexity index is 644. The predicted molar refractivity (Wildman–Crippen MR) is 95.0 cm³/mol. The van der Waals surface area contributed by atoms with E-state index in [9.17, 15) is 4.79 Å². The fourth-order valence-corrected chi connectivity index (χ4v) is 3.26. The van der Waals surface area contributed by atoms with Gasteiger partial charge in [0, 0.05) is 13.6 Å². The summed E-state index contributed by atoms with van der Waals surface area (Å²) < 4.78 is 8.58. The number of nitrogen functional groups attached to an aromatic ring is 1. The molecule has 0 spiro atoms. The van der Waals surface area contributed by atoms with Crippen LogP contribution in [0.4, 0.5) is 5.82 Å². The first kappa shape index (κ1) is 17.4. The third-order valence-electron chi connectivity index (χ3n) is 4.93. The van der Waals surface area contributed by atoms with Gasteiger partial charge in [0.15, 0.2) is 0 Å². The van der Waals surface area contributed by atoms with Crippen LogP contribution in [-0.4, -0.2) is 16.2 Å². The Morgan fingerprint density at radius 2 is 2.00 bits per heavy atom. The Morgan fingerprint density at radius 1 is 1.35 bits per heavy atom. The molecule has 0 bridgehead atoms. The summed E-state index contributed by atoms with van der Waals surface area (Å²) in [5.74, 6) is 2.62. The SMILES string of the molecule is CC=C(C=Cc1c(N)n(C)c(=O)n1CC1CCC(C)CC1)OC. The van der Waals surface area contributed by atoms with E-state index in [0.717, 1.165) is 23.9 Å². The lowest BCUT2D eigenvalue weighted by molar-refractivity contribution is 0.262. The van der Waals surface area contributed by atoms with Crippen LogP contribution in [-0.2, 0) is 18.3 Å². The van der Waals surface area contributed by atoms with Crippen LogP contribution in [0.1, 0.15) is 45.2 Å². The third-order valence-corrected chi connectivity index (χ3v) is 4.93. The Morgan fingerprint density at radius 3 is 2.57 bits per heavy atom. The van der Waals surface area contributed by atoms with E-state index in [-0.39, 0.29) is 5.69 Å². The van der Waals surface area contributed by atoms with Gasteiger partial charge in [0.2, 0.25) is 0 Å². The van der Waals surface area contributed by atoms with E-state index in [4.69, 9.17) is 10.5 Å². The molecule has 5 heteroatoms. The highest BCUT2D eigenvalue weighted by atomic mass is 16.5. The van der Waals surface area contributed by atoms with Crippen molar-refractivity contribution in [2.24, 2.45) is 18.9 Å². The summed E-state index contributed by atoms with van der Waals surface area (Å²) in [7, 11) is 3.35. The van der Waals surface area contributed by atoms with Crippen molar-refractivity contribution in [3.63, 3.8) is 0 Å². The molecular formula is C18H29N3O2. The topological polar surface area (TPSA) is 62.2 Å². The molecule has 0 aliphatic heterocycles. The minimum Gasteiger partial charge on any atom is -0.497 e. The van der Waals surface area contributed by atoms with Gasteiger partial charge in [-0.1, -0.05) is 19.8 Å². The number of ether oxygens (including phenoxy) is 1. The fraction of sp³-hybridized carbons (Fsp3) is 0.611. The van der Waals surface area contributed by atoms with E-state index in [0.29, 0.717) is 11.7 Å². The van der Waals surface area contributed by atoms with Gasteiger partial charge >= 0.3 is 5.69 Å². The molecule has 1 aliphatic rings. The average Bonchev–Trinajstić information content (AvgIpc) is 2.75. The number of methoxy groups -OCH3 is 1. The molecule has 1 saturated carbocycles. The van der Waals surface area contributed by atoms with Gasteiger partial charge in [-0.3, -0.25) is 9.13 Å². The maximum atomic E-state index is 12.5. The van der Waals surface area contributed by atoms with Crippen molar-refractivity contribution in [2.45, 2.75) is 46.1 Å². The average molecular weight is 319 g/mol. The van der Waals surface area contributed by atoms with Crippen molar-refractivity contribution in [1.82, 2.24) is 9.13 Å². The molecular weight excluding hydrogens is 290 g/mol. The summed E-state index contributed by atoms with van der Waals surface area (Å²) in [5, 5.41) is 0. The van der Waals surface area contributed by atoms with Gasteiger partial charge in [-0.05, 0) is 49.8 Å². The molecule has 1 heterocycles. The summed E-state index contributed by atoms with van der Waals surface area (Å²) >= 11 is 0. The highest BCUT2D eigenvalue weighted by molar-refractivity contribution is 5.60. The minimum absolute atomic E-state index is 0.0415. The summed E-state index contributed by atoms with van der Waals surface area (Å²) in [6.07, 6.45) is 10.5. The second-order valence-corrected chi connectivity index (χ2v) is 6.58. The molecule has 0 saturated heterocycles. The monoisotopic (exact) mass is 319 g/mol. The molecule has 128 valence electrons. The Labute approximate surface area is 138 Å². The van der Waals surface area contributed by atoms with Crippen molar-refractivity contribution in [3.8, 4) is 0 Å². The van der Waals surface area contributed by atoms with E-state index < -0.39 is 0 Å². The van der Waals surface area contributed by atoms with E-state index in [1.165, 1.54) is 30.3 Å². The number of allylic oxidation sites excluding steroid dienone is 2. The first-order valence-electron chi connectivity index (χ1n) is 8.41. The van der Waals surface area contributed by atoms with Gasteiger partial charge in [-0.15, -0.1) is 0 Å². The quantitative estimate of drug-likeness (QED) is 0.670. The first-order valence-corrected chi connectivity index (χ1v) is 8.41. The first-order chi connectivity index (χ1) is 11.0. The van der Waals surface area contributed by atoms with Crippen LogP contribution in [0, 0.1) is 11.8 Å². The van der Waals surface area contributed by atoms with Crippen LogP contribution in [0.25, 0.3) is 6.08 Å². The molecule has 1 aromatic heterocycles. The second kappa shape index (κ2) is 7.57. The molecule has 5 nitrogen and oxygen atoms in total. The standard InChI is InChI=1S/C18H29N3O2/c1-5-15(23-4)10-11-16-17(19)20(3)18(22)21(16)12-14-8-6-13(2)7-9-14/h5,10-11,13-14H,6-9,12,19H2,1-4H3. The Kier molecular flexibility index (Phi) is 5.74. The normalized spacial score (nSPS) is 22.7. The maximum Gasteiger partial charge on any atom is 0.329 e.